The maximum Gasteiger partial charge on any atom is 0.240 e. The zero-order valence-corrected chi connectivity index (χ0v) is 12.9. The average Bonchev–Trinajstić information content (AvgIpc) is 3.02. The minimum atomic E-state index is -3.66. The van der Waals surface area contributed by atoms with Crippen LogP contribution in [0, 0.1) is 0 Å². The number of amides is 2. The van der Waals surface area contributed by atoms with E-state index < -0.39 is 10.0 Å². The highest BCUT2D eigenvalue weighted by atomic mass is 32.2. The molecule has 0 radical (unpaired) electrons. The molecule has 0 saturated carbocycles. The average molecular weight is 323 g/mol. The van der Waals surface area contributed by atoms with Crippen molar-refractivity contribution in [2.75, 3.05) is 18.4 Å². The SMILES string of the molecule is CC(=O)N1CCC(NS(=O)(=O)c2ccc3c(c2)CC(=O)N3)C1. The van der Waals surface area contributed by atoms with Gasteiger partial charge in [0.15, 0.2) is 0 Å². The van der Waals surface area contributed by atoms with Crippen LogP contribution in [0.3, 0.4) is 0 Å². The summed E-state index contributed by atoms with van der Waals surface area (Å²) in [5.74, 6) is -0.186. The van der Waals surface area contributed by atoms with E-state index in [-0.39, 0.29) is 29.2 Å². The van der Waals surface area contributed by atoms with Crippen molar-refractivity contribution >= 4 is 27.5 Å². The van der Waals surface area contributed by atoms with Crippen molar-refractivity contribution in [1.82, 2.24) is 9.62 Å². The summed E-state index contributed by atoms with van der Waals surface area (Å²) in [6, 6.07) is 4.32. The van der Waals surface area contributed by atoms with Gasteiger partial charge >= 0.3 is 0 Å². The van der Waals surface area contributed by atoms with Crippen LogP contribution in [0.1, 0.15) is 18.9 Å². The van der Waals surface area contributed by atoms with Gasteiger partial charge in [-0.15, -0.1) is 0 Å². The second-order valence-electron chi connectivity index (χ2n) is 5.62. The highest BCUT2D eigenvalue weighted by molar-refractivity contribution is 7.89. The second kappa shape index (κ2) is 5.36. The van der Waals surface area contributed by atoms with Crippen LogP contribution < -0.4 is 10.0 Å². The predicted molar refractivity (Wildman–Crippen MR) is 79.8 cm³/mol. The molecule has 2 aliphatic rings. The Balaban J connectivity index is 1.76. The number of anilines is 1. The Kier molecular flexibility index (Phi) is 3.65. The van der Waals surface area contributed by atoms with Crippen LogP contribution in [-0.2, 0) is 26.0 Å². The van der Waals surface area contributed by atoms with Crippen LogP contribution >= 0.6 is 0 Å². The molecule has 2 N–H and O–H groups in total. The number of likely N-dealkylation sites (tertiary alicyclic amines) is 1. The van der Waals surface area contributed by atoms with Gasteiger partial charge in [-0.25, -0.2) is 13.1 Å². The van der Waals surface area contributed by atoms with Crippen molar-refractivity contribution in [2.45, 2.75) is 30.7 Å². The zero-order chi connectivity index (χ0) is 15.9. The van der Waals surface area contributed by atoms with E-state index in [1.54, 1.807) is 11.0 Å². The molecule has 0 aromatic heterocycles. The molecule has 118 valence electrons. The van der Waals surface area contributed by atoms with Gasteiger partial charge in [-0.2, -0.15) is 0 Å². The first-order valence-corrected chi connectivity index (χ1v) is 8.54. The van der Waals surface area contributed by atoms with Gasteiger partial charge in [0.25, 0.3) is 0 Å². The van der Waals surface area contributed by atoms with Crippen molar-refractivity contribution in [3.8, 4) is 0 Å². The van der Waals surface area contributed by atoms with Crippen molar-refractivity contribution in [2.24, 2.45) is 0 Å². The van der Waals surface area contributed by atoms with Crippen molar-refractivity contribution in [3.63, 3.8) is 0 Å². The van der Waals surface area contributed by atoms with Gasteiger partial charge in [0.05, 0.1) is 11.3 Å². The third-order valence-corrected chi connectivity index (χ3v) is 5.49. The standard InChI is InChI=1S/C14H17N3O4S/c1-9(18)17-5-4-11(8-17)16-22(20,21)12-2-3-13-10(6-12)7-14(19)15-13/h2-3,6,11,16H,4-5,7-8H2,1H3,(H,15,19). The van der Waals surface area contributed by atoms with E-state index in [9.17, 15) is 18.0 Å². The summed E-state index contributed by atoms with van der Waals surface area (Å²) in [5.41, 5.74) is 1.34. The van der Waals surface area contributed by atoms with Crippen LogP contribution in [0.15, 0.2) is 23.1 Å². The number of nitrogens with one attached hydrogen (secondary N) is 2. The molecule has 1 atom stereocenters. The minimum Gasteiger partial charge on any atom is -0.341 e. The van der Waals surface area contributed by atoms with E-state index in [2.05, 4.69) is 10.0 Å². The minimum absolute atomic E-state index is 0.0520. The molecule has 2 heterocycles. The van der Waals surface area contributed by atoms with E-state index in [1.165, 1.54) is 19.1 Å². The second-order valence-corrected chi connectivity index (χ2v) is 7.33. The van der Waals surface area contributed by atoms with Gasteiger partial charge in [-0.05, 0) is 30.2 Å². The highest BCUT2D eigenvalue weighted by Gasteiger charge is 2.29. The first-order valence-electron chi connectivity index (χ1n) is 7.06. The van der Waals surface area contributed by atoms with Gasteiger partial charge in [0.1, 0.15) is 0 Å². The molecule has 7 nitrogen and oxygen atoms in total. The monoisotopic (exact) mass is 323 g/mol. The van der Waals surface area contributed by atoms with Gasteiger partial charge in [0.2, 0.25) is 21.8 Å². The summed E-state index contributed by atoms with van der Waals surface area (Å²) in [7, 11) is -3.66. The third-order valence-electron chi connectivity index (χ3n) is 3.97. The smallest absolute Gasteiger partial charge is 0.240 e. The van der Waals surface area contributed by atoms with Crippen molar-refractivity contribution in [1.29, 1.82) is 0 Å². The Morgan fingerprint density at radius 2 is 2.18 bits per heavy atom. The Hall–Kier alpha value is -1.93. The van der Waals surface area contributed by atoms with Crippen LogP contribution in [0.2, 0.25) is 0 Å². The maximum atomic E-state index is 12.4. The first kappa shape index (κ1) is 15.0. The molecule has 0 spiro atoms. The summed E-state index contributed by atoms with van der Waals surface area (Å²) in [6.07, 6.45) is 0.796. The lowest BCUT2D eigenvalue weighted by atomic mass is 10.2. The summed E-state index contributed by atoms with van der Waals surface area (Å²) in [5, 5.41) is 2.67. The molecule has 2 amide bonds. The Labute approximate surface area is 128 Å². The fourth-order valence-electron chi connectivity index (χ4n) is 2.80. The Morgan fingerprint density at radius 1 is 1.41 bits per heavy atom. The van der Waals surface area contributed by atoms with Crippen LogP contribution in [0.4, 0.5) is 5.69 Å². The molecule has 1 saturated heterocycles. The quantitative estimate of drug-likeness (QED) is 0.823. The molecule has 0 bridgehead atoms. The third kappa shape index (κ3) is 2.84. The van der Waals surface area contributed by atoms with E-state index in [0.717, 1.165) is 0 Å². The number of benzene rings is 1. The summed E-state index contributed by atoms with van der Waals surface area (Å²) in [4.78, 5) is 24.4. The van der Waals surface area contributed by atoms with Gasteiger partial charge in [-0.3, -0.25) is 9.59 Å². The maximum absolute atomic E-state index is 12.4. The summed E-state index contributed by atoms with van der Waals surface area (Å²) in [6.45, 7) is 2.42. The van der Waals surface area contributed by atoms with Crippen molar-refractivity contribution < 1.29 is 18.0 Å². The lowest BCUT2D eigenvalue weighted by molar-refractivity contribution is -0.127. The van der Waals surface area contributed by atoms with Gasteiger partial charge in [0, 0.05) is 31.7 Å². The molecular weight excluding hydrogens is 306 g/mol. The largest absolute Gasteiger partial charge is 0.341 e. The zero-order valence-electron chi connectivity index (χ0n) is 12.1. The lowest BCUT2D eigenvalue weighted by Crippen LogP contribution is -2.37. The van der Waals surface area contributed by atoms with Gasteiger partial charge in [-0.1, -0.05) is 0 Å². The molecule has 0 aliphatic carbocycles. The molecule has 2 aliphatic heterocycles. The summed E-state index contributed by atoms with van der Waals surface area (Å²) < 4.78 is 27.5. The Morgan fingerprint density at radius 3 is 2.86 bits per heavy atom. The van der Waals surface area contributed by atoms with E-state index >= 15 is 0 Å². The molecule has 22 heavy (non-hydrogen) atoms. The fourth-order valence-corrected chi connectivity index (χ4v) is 4.11. The highest BCUT2D eigenvalue weighted by Crippen LogP contribution is 2.26. The number of carbonyl (C=O) groups excluding carboxylic acids is 2. The van der Waals surface area contributed by atoms with Crippen LogP contribution in [0.25, 0.3) is 0 Å². The molecule has 8 heteroatoms. The number of fused-ring (bicyclic) bond motifs is 1. The summed E-state index contributed by atoms with van der Waals surface area (Å²) >= 11 is 0. The van der Waals surface area contributed by atoms with Crippen LogP contribution in [-0.4, -0.2) is 44.3 Å². The fraction of sp³-hybridized carbons (Fsp3) is 0.429. The van der Waals surface area contributed by atoms with E-state index in [4.69, 9.17) is 0 Å². The number of sulfonamides is 1. The van der Waals surface area contributed by atoms with E-state index in [0.29, 0.717) is 30.8 Å². The number of rotatable bonds is 3. The number of hydrogen-bond donors (Lipinski definition) is 2. The normalized spacial score (nSPS) is 20.9. The van der Waals surface area contributed by atoms with Crippen LogP contribution in [0.5, 0.6) is 0 Å². The molecule has 1 aromatic carbocycles. The van der Waals surface area contributed by atoms with Gasteiger partial charge < -0.3 is 10.2 Å². The number of nitrogens with zero attached hydrogens (tertiary/aromatic N) is 1. The topological polar surface area (TPSA) is 95.6 Å². The first-order chi connectivity index (χ1) is 10.3. The lowest BCUT2D eigenvalue weighted by Gasteiger charge is -2.15. The molecule has 1 aromatic rings. The van der Waals surface area contributed by atoms with Crippen molar-refractivity contribution in [3.05, 3.63) is 23.8 Å². The number of carbonyl (C=O) groups is 2. The Bertz CT molecular complexity index is 744. The molecule has 3 rings (SSSR count). The molecule has 1 unspecified atom stereocenters. The predicted octanol–water partition coefficient (Wildman–Crippen LogP) is 0.0803. The number of hydrogen-bond acceptors (Lipinski definition) is 4. The van der Waals surface area contributed by atoms with E-state index in [1.807, 2.05) is 0 Å². The molecule has 1 fully saturated rings. The molecular formula is C14H17N3O4S.